The lowest BCUT2D eigenvalue weighted by Crippen LogP contribution is -2.73. The molecule has 3 aliphatic rings. The molecular weight excluding hydrogens is 442 g/mol. The number of amides is 1. The Morgan fingerprint density at radius 2 is 2.03 bits per heavy atom. The summed E-state index contributed by atoms with van der Waals surface area (Å²) in [6, 6.07) is 6.52. The summed E-state index contributed by atoms with van der Waals surface area (Å²) in [5.74, 6) is 0.749. The van der Waals surface area contributed by atoms with Crippen molar-refractivity contribution in [2.75, 3.05) is 54.8 Å². The lowest BCUT2D eigenvalue weighted by molar-refractivity contribution is -0.107. The minimum Gasteiger partial charge on any atom is -0.368 e. The summed E-state index contributed by atoms with van der Waals surface area (Å²) in [5.41, 5.74) is 1.40. The fourth-order valence-corrected chi connectivity index (χ4v) is 6.30. The van der Waals surface area contributed by atoms with Crippen molar-refractivity contribution in [2.24, 2.45) is 0 Å². The number of fused-ring (bicyclic) bond motifs is 1. The molecule has 0 unspecified atom stereocenters. The molecule has 4 heterocycles. The molecule has 11 heteroatoms. The van der Waals surface area contributed by atoms with Crippen molar-refractivity contribution in [1.82, 2.24) is 19.2 Å². The van der Waals surface area contributed by atoms with E-state index in [0.29, 0.717) is 25.3 Å². The normalized spacial score (nSPS) is 21.5. The third-order valence-electron chi connectivity index (χ3n) is 7.21. The smallest absolute Gasteiger partial charge is 0.215 e. The second-order valence-corrected chi connectivity index (χ2v) is 11.4. The van der Waals surface area contributed by atoms with E-state index < -0.39 is 15.6 Å². The van der Waals surface area contributed by atoms with Gasteiger partial charge in [-0.25, -0.2) is 13.4 Å². The second kappa shape index (κ2) is 8.27. The Morgan fingerprint density at radius 1 is 1.30 bits per heavy atom. The van der Waals surface area contributed by atoms with Crippen molar-refractivity contribution in [3.8, 4) is 6.07 Å². The average molecular weight is 472 g/mol. The number of pyridine rings is 1. The number of hydrogen-bond donors (Lipinski definition) is 1. The maximum Gasteiger partial charge on any atom is 0.215 e. The zero-order valence-corrected chi connectivity index (χ0v) is 19.6. The van der Waals surface area contributed by atoms with E-state index in [9.17, 15) is 18.5 Å². The van der Waals surface area contributed by atoms with Crippen LogP contribution >= 0.6 is 0 Å². The molecule has 0 radical (unpaired) electrons. The van der Waals surface area contributed by atoms with Crippen molar-refractivity contribution in [3.63, 3.8) is 0 Å². The molecule has 0 bridgehead atoms. The van der Waals surface area contributed by atoms with Gasteiger partial charge in [-0.15, -0.1) is 0 Å². The van der Waals surface area contributed by atoms with Gasteiger partial charge in [0.15, 0.2) is 0 Å². The number of sulfonamides is 1. The first-order valence-corrected chi connectivity index (χ1v) is 13.1. The van der Waals surface area contributed by atoms with E-state index in [-0.39, 0.29) is 11.8 Å². The van der Waals surface area contributed by atoms with E-state index in [1.54, 1.807) is 11.8 Å². The van der Waals surface area contributed by atoms with E-state index in [1.807, 2.05) is 18.3 Å². The topological polar surface area (TPSA) is 117 Å². The van der Waals surface area contributed by atoms with Crippen LogP contribution in [0.3, 0.4) is 0 Å². The predicted octanol–water partition coefficient (Wildman–Crippen LogP) is 1.13. The molecule has 176 valence electrons. The number of nitrogens with zero attached hydrogens (tertiary/aromatic N) is 6. The molecule has 10 nitrogen and oxygen atoms in total. The van der Waals surface area contributed by atoms with Gasteiger partial charge in [0, 0.05) is 63.0 Å². The van der Waals surface area contributed by atoms with Gasteiger partial charge in [0.1, 0.15) is 11.5 Å². The number of hydrogen-bond acceptors (Lipinski definition) is 7. The first-order valence-electron chi connectivity index (χ1n) is 11.5. The minimum absolute atomic E-state index is 0.0825. The summed E-state index contributed by atoms with van der Waals surface area (Å²) in [6.07, 6.45) is 5.06. The van der Waals surface area contributed by atoms with Crippen LogP contribution in [0.1, 0.15) is 26.2 Å². The maximum absolute atomic E-state index is 12.2. The number of carbonyl (C=O) groups is 1. The molecule has 2 aromatic heterocycles. The van der Waals surface area contributed by atoms with Crippen LogP contribution < -0.4 is 9.80 Å². The highest BCUT2D eigenvalue weighted by Crippen LogP contribution is 2.37. The van der Waals surface area contributed by atoms with Gasteiger partial charge in [-0.3, -0.25) is 14.6 Å². The van der Waals surface area contributed by atoms with E-state index in [0.717, 1.165) is 62.2 Å². The van der Waals surface area contributed by atoms with Crippen LogP contribution in [0.15, 0.2) is 18.3 Å². The third kappa shape index (κ3) is 3.86. The quantitative estimate of drug-likeness (QED) is 0.574. The zero-order valence-electron chi connectivity index (χ0n) is 18.8. The highest BCUT2D eigenvalue weighted by atomic mass is 32.2. The van der Waals surface area contributed by atoms with Crippen LogP contribution in [-0.2, 0) is 14.8 Å². The highest BCUT2D eigenvalue weighted by molar-refractivity contribution is 7.89. The third-order valence-corrected chi connectivity index (χ3v) is 8.99. The average Bonchev–Trinajstić information content (AvgIpc) is 3.51. The Kier molecular flexibility index (Phi) is 5.55. The van der Waals surface area contributed by atoms with Gasteiger partial charge in [-0.2, -0.15) is 9.57 Å². The first-order chi connectivity index (χ1) is 15.9. The first kappa shape index (κ1) is 22.1. The number of nitrogens with one attached hydrogen (secondary N) is 1. The van der Waals surface area contributed by atoms with Crippen LogP contribution in [-0.4, -0.2) is 90.6 Å². The molecule has 0 atom stereocenters. The van der Waals surface area contributed by atoms with Gasteiger partial charge < -0.3 is 9.88 Å². The number of nitriles is 1. The lowest BCUT2D eigenvalue weighted by Gasteiger charge is -2.56. The van der Waals surface area contributed by atoms with Crippen molar-refractivity contribution in [2.45, 2.75) is 37.8 Å². The van der Waals surface area contributed by atoms with Crippen LogP contribution in [0.25, 0.3) is 11.0 Å². The molecule has 33 heavy (non-hydrogen) atoms. The Morgan fingerprint density at radius 3 is 2.64 bits per heavy atom. The number of aromatic nitrogens is 2. The lowest BCUT2D eigenvalue weighted by atomic mass is 9.86. The van der Waals surface area contributed by atoms with Crippen molar-refractivity contribution in [3.05, 3.63) is 18.3 Å². The number of piperazine rings is 1. The number of aromatic amines is 1. The summed E-state index contributed by atoms with van der Waals surface area (Å²) in [7, 11) is -3.24. The zero-order chi connectivity index (χ0) is 23.2. The van der Waals surface area contributed by atoms with Crippen LogP contribution in [0, 0.1) is 11.3 Å². The SMILES string of the molecule is CCS(=O)(=O)N1CC(CC#N)(N2CCN(c3cc(N(C=O)C4CC4)nc4[nH]ccc34)CC2)C1. The fourth-order valence-electron chi connectivity index (χ4n) is 5.06. The van der Waals surface area contributed by atoms with Crippen molar-refractivity contribution in [1.29, 1.82) is 5.26 Å². The van der Waals surface area contributed by atoms with Gasteiger partial charge in [-0.1, -0.05) is 0 Å². The van der Waals surface area contributed by atoms with Crippen LogP contribution in [0.2, 0.25) is 0 Å². The molecular formula is C22H29N7O3S. The summed E-state index contributed by atoms with van der Waals surface area (Å²) in [6.45, 7) is 5.40. The Labute approximate surface area is 193 Å². The van der Waals surface area contributed by atoms with E-state index in [4.69, 9.17) is 0 Å². The molecule has 2 saturated heterocycles. The number of H-pyrrole nitrogens is 1. The van der Waals surface area contributed by atoms with Gasteiger partial charge in [0.05, 0.1) is 29.5 Å². The van der Waals surface area contributed by atoms with Gasteiger partial charge in [0.25, 0.3) is 0 Å². The van der Waals surface area contributed by atoms with E-state index >= 15 is 0 Å². The molecule has 1 N–H and O–H groups in total. The summed E-state index contributed by atoms with van der Waals surface area (Å²) < 4.78 is 26.0. The second-order valence-electron chi connectivity index (χ2n) is 9.19. The van der Waals surface area contributed by atoms with Crippen molar-refractivity contribution >= 4 is 39.0 Å². The highest BCUT2D eigenvalue weighted by Gasteiger charge is 2.51. The van der Waals surface area contributed by atoms with E-state index in [2.05, 4.69) is 25.8 Å². The molecule has 2 aromatic rings. The standard InChI is InChI=1S/C22H29N7O3S/c1-2-33(31,32)28-14-22(15-28,6-7-23)27-11-9-26(10-12-27)19-13-20(29(16-30)17-3-4-17)25-21-18(19)5-8-24-21/h5,8,13,16-17H,2-4,6,9-12,14-15H2,1H3,(H,24,25). The molecule has 1 amide bonds. The molecule has 1 aliphatic carbocycles. The minimum atomic E-state index is -3.24. The predicted molar refractivity (Wildman–Crippen MR) is 125 cm³/mol. The number of anilines is 2. The summed E-state index contributed by atoms with van der Waals surface area (Å²) in [5, 5.41) is 10.4. The van der Waals surface area contributed by atoms with Gasteiger partial charge >= 0.3 is 0 Å². The molecule has 2 aliphatic heterocycles. The Hall–Kier alpha value is -2.68. The molecule has 0 spiro atoms. The summed E-state index contributed by atoms with van der Waals surface area (Å²) >= 11 is 0. The van der Waals surface area contributed by atoms with Gasteiger partial charge in [0.2, 0.25) is 16.4 Å². The Balaban J connectivity index is 1.34. The molecule has 1 saturated carbocycles. The fraction of sp³-hybridized carbons (Fsp3) is 0.591. The number of rotatable bonds is 8. The van der Waals surface area contributed by atoms with Crippen molar-refractivity contribution < 1.29 is 13.2 Å². The van der Waals surface area contributed by atoms with Crippen LogP contribution in [0.5, 0.6) is 0 Å². The van der Waals surface area contributed by atoms with E-state index in [1.165, 1.54) is 4.31 Å². The van der Waals surface area contributed by atoms with Gasteiger partial charge in [-0.05, 0) is 25.8 Å². The van der Waals surface area contributed by atoms with Crippen LogP contribution in [0.4, 0.5) is 11.5 Å². The Bertz CT molecular complexity index is 1190. The largest absolute Gasteiger partial charge is 0.368 e. The molecule has 3 fully saturated rings. The summed E-state index contributed by atoms with van der Waals surface area (Å²) in [4.78, 5) is 25.9. The monoisotopic (exact) mass is 471 g/mol. The molecule has 5 rings (SSSR count). The maximum atomic E-state index is 12.2. The number of carbonyl (C=O) groups excluding carboxylic acids is 1. The molecule has 0 aromatic carbocycles.